The molecule has 0 aliphatic carbocycles. The van der Waals surface area contributed by atoms with Crippen molar-refractivity contribution in [1.29, 1.82) is 0 Å². The number of benzene rings is 10. The number of para-hydroxylation sites is 2. The summed E-state index contributed by atoms with van der Waals surface area (Å²) in [6.45, 7) is 0. The summed E-state index contributed by atoms with van der Waals surface area (Å²) in [6.07, 6.45) is 0. The second kappa shape index (κ2) is 14.1. The number of nitrogens with zero attached hydrogens (tertiary/aromatic N) is 2. The molecule has 0 saturated carbocycles. The van der Waals surface area contributed by atoms with Crippen LogP contribution in [-0.4, -0.2) is 4.57 Å². The average molecular weight is 739 g/mol. The van der Waals surface area contributed by atoms with Gasteiger partial charge in [-0.1, -0.05) is 158 Å². The lowest BCUT2D eigenvalue weighted by Gasteiger charge is -2.27. The Morgan fingerprint density at radius 3 is 1.41 bits per heavy atom. The molecular formula is C56H38N2. The van der Waals surface area contributed by atoms with Crippen molar-refractivity contribution < 1.29 is 0 Å². The third-order valence-electron chi connectivity index (χ3n) is 11.5. The molecule has 0 unspecified atom stereocenters. The maximum absolute atomic E-state index is 2.43. The predicted octanol–water partition coefficient (Wildman–Crippen LogP) is 15.6. The van der Waals surface area contributed by atoms with Gasteiger partial charge in [0.25, 0.3) is 0 Å². The summed E-state index contributed by atoms with van der Waals surface area (Å²) in [7, 11) is 0. The highest BCUT2D eigenvalue weighted by Gasteiger charge is 2.20. The quantitative estimate of drug-likeness (QED) is 0.158. The lowest BCUT2D eigenvalue weighted by atomic mass is 9.94. The molecule has 0 amide bonds. The summed E-state index contributed by atoms with van der Waals surface area (Å²) in [5.41, 5.74) is 13.8. The molecule has 58 heavy (non-hydrogen) atoms. The average Bonchev–Trinajstić information content (AvgIpc) is 3.63. The lowest BCUT2D eigenvalue weighted by Crippen LogP contribution is -2.10. The first-order chi connectivity index (χ1) is 28.7. The third-order valence-corrected chi connectivity index (χ3v) is 11.5. The number of aromatic nitrogens is 1. The van der Waals surface area contributed by atoms with Crippen molar-refractivity contribution in [2.75, 3.05) is 4.90 Å². The van der Waals surface area contributed by atoms with E-state index in [0.717, 1.165) is 39.4 Å². The summed E-state index contributed by atoms with van der Waals surface area (Å²) in [5.74, 6) is 0. The highest BCUT2D eigenvalue weighted by atomic mass is 15.1. The van der Waals surface area contributed by atoms with Crippen LogP contribution in [0.2, 0.25) is 0 Å². The second-order valence-electron chi connectivity index (χ2n) is 15.0. The first kappa shape index (κ1) is 33.6. The number of hydrogen-bond donors (Lipinski definition) is 0. The van der Waals surface area contributed by atoms with Crippen LogP contribution in [0.5, 0.6) is 0 Å². The zero-order valence-corrected chi connectivity index (χ0v) is 31.8. The van der Waals surface area contributed by atoms with Gasteiger partial charge in [0.2, 0.25) is 0 Å². The van der Waals surface area contributed by atoms with E-state index < -0.39 is 0 Å². The van der Waals surface area contributed by atoms with Gasteiger partial charge in [0.05, 0.1) is 11.0 Å². The van der Waals surface area contributed by atoms with Crippen molar-refractivity contribution in [1.82, 2.24) is 4.57 Å². The van der Waals surface area contributed by atoms with Gasteiger partial charge < -0.3 is 9.47 Å². The summed E-state index contributed by atoms with van der Waals surface area (Å²) in [4.78, 5) is 2.43. The molecule has 11 aromatic rings. The smallest absolute Gasteiger partial charge is 0.0561 e. The standard InChI is InChI=1S/C56H38N2/c1-3-13-39(14-4-1)42-27-29-50(30-28-42)57(51-31-32-54-53-21-11-12-22-55(53)58(56(54)38-51)49-19-5-2-6-20-49)52-36-47(45-25-23-40-15-7-9-17-43(40)33-45)35-48(37-52)46-26-24-41-16-8-10-18-44(41)34-46/h1-38H. The van der Waals surface area contributed by atoms with Crippen LogP contribution < -0.4 is 4.90 Å². The molecule has 1 heterocycles. The van der Waals surface area contributed by atoms with E-state index in [2.05, 4.69) is 240 Å². The second-order valence-corrected chi connectivity index (χ2v) is 15.0. The maximum Gasteiger partial charge on any atom is 0.0561 e. The Hall–Kier alpha value is -7.68. The molecule has 0 aliphatic heterocycles. The van der Waals surface area contributed by atoms with E-state index in [1.165, 1.54) is 60.1 Å². The van der Waals surface area contributed by atoms with Gasteiger partial charge in [0.1, 0.15) is 0 Å². The molecule has 0 atom stereocenters. The Morgan fingerprint density at radius 1 is 0.259 bits per heavy atom. The number of fused-ring (bicyclic) bond motifs is 5. The van der Waals surface area contributed by atoms with Crippen LogP contribution in [0.4, 0.5) is 17.1 Å². The molecular weight excluding hydrogens is 701 g/mol. The molecule has 0 aliphatic rings. The van der Waals surface area contributed by atoms with E-state index in [0.29, 0.717) is 0 Å². The summed E-state index contributed by atoms with van der Waals surface area (Å²) < 4.78 is 2.40. The highest BCUT2D eigenvalue weighted by molar-refractivity contribution is 6.10. The molecule has 0 N–H and O–H groups in total. The monoisotopic (exact) mass is 738 g/mol. The highest BCUT2D eigenvalue weighted by Crippen LogP contribution is 2.43. The molecule has 0 radical (unpaired) electrons. The van der Waals surface area contributed by atoms with Crippen LogP contribution in [-0.2, 0) is 0 Å². The lowest BCUT2D eigenvalue weighted by molar-refractivity contribution is 1.18. The number of anilines is 3. The molecule has 0 spiro atoms. The fourth-order valence-corrected chi connectivity index (χ4v) is 8.65. The van der Waals surface area contributed by atoms with Gasteiger partial charge >= 0.3 is 0 Å². The van der Waals surface area contributed by atoms with Crippen LogP contribution in [0.3, 0.4) is 0 Å². The largest absolute Gasteiger partial charge is 0.310 e. The first-order valence-electron chi connectivity index (χ1n) is 19.9. The molecule has 0 saturated heterocycles. The summed E-state index contributed by atoms with van der Waals surface area (Å²) >= 11 is 0. The van der Waals surface area contributed by atoms with Gasteiger partial charge in [-0.2, -0.15) is 0 Å². The Kier molecular flexibility index (Phi) is 8.19. The minimum atomic E-state index is 1.08. The van der Waals surface area contributed by atoms with Gasteiger partial charge in [-0.25, -0.2) is 0 Å². The molecule has 11 rings (SSSR count). The van der Waals surface area contributed by atoms with Crippen molar-refractivity contribution in [2.24, 2.45) is 0 Å². The molecule has 2 heteroatoms. The van der Waals surface area contributed by atoms with Gasteiger partial charge in [-0.05, 0) is 128 Å². The zero-order chi connectivity index (χ0) is 38.4. The van der Waals surface area contributed by atoms with E-state index in [-0.39, 0.29) is 0 Å². The van der Waals surface area contributed by atoms with Crippen LogP contribution in [0.15, 0.2) is 231 Å². The van der Waals surface area contributed by atoms with E-state index in [4.69, 9.17) is 0 Å². The number of rotatable bonds is 7. The normalized spacial score (nSPS) is 11.4. The Morgan fingerprint density at radius 2 is 0.759 bits per heavy atom. The topological polar surface area (TPSA) is 8.17 Å². The summed E-state index contributed by atoms with van der Waals surface area (Å²) in [5, 5.41) is 7.39. The third kappa shape index (κ3) is 6.00. The Bertz CT molecular complexity index is 3170. The fraction of sp³-hybridized carbons (Fsp3) is 0. The van der Waals surface area contributed by atoms with Crippen molar-refractivity contribution in [3.05, 3.63) is 231 Å². The Labute approximate surface area is 338 Å². The van der Waals surface area contributed by atoms with Crippen molar-refractivity contribution in [3.63, 3.8) is 0 Å². The molecule has 0 bridgehead atoms. The maximum atomic E-state index is 2.43. The molecule has 1 aromatic heterocycles. The molecule has 10 aromatic carbocycles. The fourth-order valence-electron chi connectivity index (χ4n) is 8.65. The van der Waals surface area contributed by atoms with E-state index in [9.17, 15) is 0 Å². The first-order valence-corrected chi connectivity index (χ1v) is 19.9. The summed E-state index contributed by atoms with van der Waals surface area (Å²) in [6, 6.07) is 84.0. The van der Waals surface area contributed by atoms with E-state index in [1.807, 2.05) is 0 Å². The van der Waals surface area contributed by atoms with Crippen LogP contribution in [0, 0.1) is 0 Å². The molecule has 272 valence electrons. The van der Waals surface area contributed by atoms with Crippen molar-refractivity contribution >= 4 is 60.4 Å². The zero-order valence-electron chi connectivity index (χ0n) is 31.8. The van der Waals surface area contributed by atoms with Crippen molar-refractivity contribution in [3.8, 4) is 39.1 Å². The molecule has 2 nitrogen and oxygen atoms in total. The van der Waals surface area contributed by atoms with Gasteiger partial charge in [-0.15, -0.1) is 0 Å². The van der Waals surface area contributed by atoms with Crippen LogP contribution >= 0.6 is 0 Å². The van der Waals surface area contributed by atoms with Gasteiger partial charge in [0, 0.05) is 33.5 Å². The van der Waals surface area contributed by atoms with E-state index >= 15 is 0 Å². The van der Waals surface area contributed by atoms with E-state index in [1.54, 1.807) is 0 Å². The number of hydrogen-bond acceptors (Lipinski definition) is 1. The molecule has 0 fully saturated rings. The van der Waals surface area contributed by atoms with Gasteiger partial charge in [-0.3, -0.25) is 0 Å². The van der Waals surface area contributed by atoms with Crippen LogP contribution in [0.1, 0.15) is 0 Å². The minimum absolute atomic E-state index is 1.08. The van der Waals surface area contributed by atoms with Gasteiger partial charge in [0.15, 0.2) is 0 Å². The van der Waals surface area contributed by atoms with Crippen molar-refractivity contribution in [2.45, 2.75) is 0 Å². The predicted molar refractivity (Wildman–Crippen MR) is 247 cm³/mol. The minimum Gasteiger partial charge on any atom is -0.310 e. The SMILES string of the molecule is c1ccc(-c2ccc(N(c3cc(-c4ccc5ccccc5c4)cc(-c4ccc5ccccc5c4)c3)c3ccc4c5ccccc5n(-c5ccccc5)c4c3)cc2)cc1. The van der Waals surface area contributed by atoms with Crippen LogP contribution in [0.25, 0.3) is 82.4 Å². The Balaban J connectivity index is 1.16.